The Kier molecular flexibility index (Phi) is 5.04. The van der Waals surface area contributed by atoms with Gasteiger partial charge in [-0.2, -0.15) is 0 Å². The minimum Gasteiger partial charge on any atom is -0.493 e. The van der Waals surface area contributed by atoms with Crippen molar-refractivity contribution in [1.29, 1.82) is 0 Å². The molecule has 1 unspecified atom stereocenters. The molecule has 1 amide bonds. The van der Waals surface area contributed by atoms with Gasteiger partial charge in [-0.25, -0.2) is 4.98 Å². The molecule has 6 heteroatoms. The van der Waals surface area contributed by atoms with Crippen LogP contribution >= 0.6 is 11.3 Å². The summed E-state index contributed by atoms with van der Waals surface area (Å²) in [5.41, 5.74) is 2.09. The second kappa shape index (κ2) is 7.21. The van der Waals surface area contributed by atoms with Gasteiger partial charge in [0.1, 0.15) is 6.61 Å². The highest BCUT2D eigenvalue weighted by atomic mass is 32.1. The molecule has 0 spiro atoms. The standard InChI is InChI=1S/C18H22N2O3S/c1-4-14-16(24-11(2)20-14)9-19-18(21)13-8-12-6-5-7-15(22-3)17(12)23-10-13/h5-7,13H,4,8-10H2,1-3H3,(H,19,21). The normalized spacial score (nSPS) is 16.2. The van der Waals surface area contributed by atoms with Crippen molar-refractivity contribution in [3.63, 3.8) is 0 Å². The van der Waals surface area contributed by atoms with Crippen LogP contribution in [0.3, 0.4) is 0 Å². The molecule has 24 heavy (non-hydrogen) atoms. The predicted molar refractivity (Wildman–Crippen MR) is 93.8 cm³/mol. The topological polar surface area (TPSA) is 60.5 Å². The molecule has 0 aliphatic carbocycles. The molecule has 1 aromatic carbocycles. The number of methoxy groups -OCH3 is 1. The Hall–Kier alpha value is -2.08. The van der Waals surface area contributed by atoms with Crippen molar-refractivity contribution in [3.8, 4) is 11.5 Å². The summed E-state index contributed by atoms with van der Waals surface area (Å²) in [4.78, 5) is 18.1. The van der Waals surface area contributed by atoms with Crippen LogP contribution in [0.4, 0.5) is 0 Å². The molecule has 128 valence electrons. The highest BCUT2D eigenvalue weighted by Gasteiger charge is 2.27. The molecule has 1 aliphatic heterocycles. The minimum atomic E-state index is -0.177. The Morgan fingerprint density at radius 1 is 1.50 bits per heavy atom. The Balaban J connectivity index is 1.64. The number of ether oxygens (including phenoxy) is 2. The van der Waals surface area contributed by atoms with Crippen LogP contribution in [0.5, 0.6) is 11.5 Å². The fourth-order valence-electron chi connectivity index (χ4n) is 2.96. The zero-order chi connectivity index (χ0) is 17.1. The Morgan fingerprint density at radius 2 is 2.33 bits per heavy atom. The first kappa shape index (κ1) is 16.8. The van der Waals surface area contributed by atoms with Gasteiger partial charge in [0.25, 0.3) is 0 Å². The Morgan fingerprint density at radius 3 is 3.08 bits per heavy atom. The van der Waals surface area contributed by atoms with Crippen LogP contribution in [0, 0.1) is 12.8 Å². The number of aryl methyl sites for hydroxylation is 2. The monoisotopic (exact) mass is 346 g/mol. The molecule has 1 aliphatic rings. The Labute approximate surface area is 146 Å². The van der Waals surface area contributed by atoms with E-state index >= 15 is 0 Å². The molecular weight excluding hydrogens is 324 g/mol. The van der Waals surface area contributed by atoms with Crippen LogP contribution in [0.15, 0.2) is 18.2 Å². The van der Waals surface area contributed by atoms with Crippen LogP contribution in [-0.2, 0) is 24.2 Å². The smallest absolute Gasteiger partial charge is 0.227 e. The van der Waals surface area contributed by atoms with E-state index in [0.29, 0.717) is 19.6 Å². The lowest BCUT2D eigenvalue weighted by atomic mass is 9.95. The van der Waals surface area contributed by atoms with Crippen LogP contribution in [0.1, 0.15) is 28.1 Å². The second-order valence-corrected chi connectivity index (χ2v) is 7.12. The van der Waals surface area contributed by atoms with E-state index in [0.717, 1.165) is 39.1 Å². The van der Waals surface area contributed by atoms with Crippen LogP contribution in [-0.4, -0.2) is 24.6 Å². The summed E-state index contributed by atoms with van der Waals surface area (Å²) in [7, 11) is 1.63. The van der Waals surface area contributed by atoms with Crippen molar-refractivity contribution in [2.24, 2.45) is 5.92 Å². The van der Waals surface area contributed by atoms with E-state index in [1.807, 2.05) is 25.1 Å². The van der Waals surface area contributed by atoms with E-state index in [4.69, 9.17) is 9.47 Å². The molecule has 1 atom stereocenters. The molecular formula is C18H22N2O3S. The van der Waals surface area contributed by atoms with Crippen molar-refractivity contribution >= 4 is 17.2 Å². The van der Waals surface area contributed by atoms with Crippen molar-refractivity contribution in [1.82, 2.24) is 10.3 Å². The summed E-state index contributed by atoms with van der Waals surface area (Å²) in [6, 6.07) is 5.78. The number of fused-ring (bicyclic) bond motifs is 1. The summed E-state index contributed by atoms with van der Waals surface area (Å²) in [6.45, 7) is 4.99. The molecule has 1 aromatic heterocycles. The number of hydrogen-bond donors (Lipinski definition) is 1. The number of amides is 1. The van der Waals surface area contributed by atoms with Gasteiger partial charge in [-0.3, -0.25) is 4.79 Å². The van der Waals surface area contributed by atoms with Gasteiger partial charge in [0.15, 0.2) is 11.5 Å². The van der Waals surface area contributed by atoms with Gasteiger partial charge in [0.2, 0.25) is 5.91 Å². The van der Waals surface area contributed by atoms with Gasteiger partial charge < -0.3 is 14.8 Å². The van der Waals surface area contributed by atoms with Crippen molar-refractivity contribution in [2.45, 2.75) is 33.2 Å². The first-order valence-electron chi connectivity index (χ1n) is 8.14. The van der Waals surface area contributed by atoms with E-state index < -0.39 is 0 Å². The maximum atomic E-state index is 12.5. The van der Waals surface area contributed by atoms with Crippen LogP contribution < -0.4 is 14.8 Å². The summed E-state index contributed by atoms with van der Waals surface area (Å²) in [6.07, 6.45) is 1.55. The third kappa shape index (κ3) is 3.38. The number of para-hydroxylation sites is 1. The molecule has 3 rings (SSSR count). The van der Waals surface area contributed by atoms with Crippen molar-refractivity contribution < 1.29 is 14.3 Å². The molecule has 1 N–H and O–H groups in total. The van der Waals surface area contributed by atoms with Crippen LogP contribution in [0.2, 0.25) is 0 Å². The number of carbonyl (C=O) groups excluding carboxylic acids is 1. The lowest BCUT2D eigenvalue weighted by molar-refractivity contribution is -0.126. The number of nitrogens with one attached hydrogen (secondary N) is 1. The lowest BCUT2D eigenvalue weighted by Gasteiger charge is -2.25. The summed E-state index contributed by atoms with van der Waals surface area (Å²) < 4.78 is 11.1. The van der Waals surface area contributed by atoms with E-state index in [2.05, 4.69) is 17.2 Å². The molecule has 0 bridgehead atoms. The number of benzene rings is 1. The SMILES string of the molecule is CCc1nc(C)sc1CNC(=O)C1COc2c(cccc2OC)C1. The van der Waals surface area contributed by atoms with Gasteiger partial charge in [0.05, 0.1) is 30.3 Å². The fourth-order valence-corrected chi connectivity index (χ4v) is 3.93. The zero-order valence-electron chi connectivity index (χ0n) is 14.2. The molecule has 2 aromatic rings. The number of carbonyl (C=O) groups is 1. The maximum Gasteiger partial charge on any atom is 0.227 e. The number of nitrogens with zero attached hydrogens (tertiary/aromatic N) is 1. The quantitative estimate of drug-likeness (QED) is 0.904. The van der Waals surface area contributed by atoms with Gasteiger partial charge in [-0.1, -0.05) is 19.1 Å². The summed E-state index contributed by atoms with van der Waals surface area (Å²) in [5.74, 6) is 1.33. The molecule has 5 nitrogen and oxygen atoms in total. The minimum absolute atomic E-state index is 0.0246. The van der Waals surface area contributed by atoms with Gasteiger partial charge in [-0.05, 0) is 31.4 Å². The maximum absolute atomic E-state index is 12.5. The van der Waals surface area contributed by atoms with E-state index in [1.165, 1.54) is 0 Å². The number of aromatic nitrogens is 1. The second-order valence-electron chi connectivity index (χ2n) is 5.83. The zero-order valence-corrected chi connectivity index (χ0v) is 15.0. The van der Waals surface area contributed by atoms with Crippen molar-refractivity contribution in [2.75, 3.05) is 13.7 Å². The molecule has 0 saturated carbocycles. The highest BCUT2D eigenvalue weighted by molar-refractivity contribution is 7.11. The largest absolute Gasteiger partial charge is 0.493 e. The third-order valence-corrected chi connectivity index (χ3v) is 5.20. The summed E-state index contributed by atoms with van der Waals surface area (Å²) >= 11 is 1.65. The first-order chi connectivity index (χ1) is 11.6. The number of hydrogen-bond acceptors (Lipinski definition) is 5. The van der Waals surface area contributed by atoms with Crippen LogP contribution in [0.25, 0.3) is 0 Å². The molecule has 0 radical (unpaired) electrons. The number of rotatable bonds is 5. The van der Waals surface area contributed by atoms with Gasteiger partial charge in [0, 0.05) is 4.88 Å². The van der Waals surface area contributed by atoms with Gasteiger partial charge >= 0.3 is 0 Å². The van der Waals surface area contributed by atoms with E-state index in [9.17, 15) is 4.79 Å². The fraction of sp³-hybridized carbons (Fsp3) is 0.444. The van der Waals surface area contributed by atoms with E-state index in [-0.39, 0.29) is 11.8 Å². The van der Waals surface area contributed by atoms with Gasteiger partial charge in [-0.15, -0.1) is 11.3 Å². The predicted octanol–water partition coefficient (Wildman–Crippen LogP) is 2.89. The first-order valence-corrected chi connectivity index (χ1v) is 8.95. The third-order valence-electron chi connectivity index (χ3n) is 4.19. The summed E-state index contributed by atoms with van der Waals surface area (Å²) in [5, 5.41) is 4.08. The average molecular weight is 346 g/mol. The average Bonchev–Trinajstić information content (AvgIpc) is 2.98. The van der Waals surface area contributed by atoms with E-state index in [1.54, 1.807) is 18.4 Å². The highest BCUT2D eigenvalue weighted by Crippen LogP contribution is 2.36. The molecule has 0 fully saturated rings. The lowest BCUT2D eigenvalue weighted by Crippen LogP contribution is -2.37. The molecule has 2 heterocycles. The Bertz CT molecular complexity index is 742. The number of thiazole rings is 1. The molecule has 0 saturated heterocycles. The van der Waals surface area contributed by atoms with Crippen molar-refractivity contribution in [3.05, 3.63) is 39.3 Å².